The Labute approximate surface area is 223 Å². The van der Waals surface area contributed by atoms with Gasteiger partial charge in [0.25, 0.3) is 5.72 Å². The molecule has 5 N–H and O–H groups in total. The van der Waals surface area contributed by atoms with E-state index in [1.807, 2.05) is 0 Å². The van der Waals surface area contributed by atoms with Gasteiger partial charge in [0.1, 0.15) is 23.7 Å². The average Bonchev–Trinajstić information content (AvgIpc) is 3.56. The van der Waals surface area contributed by atoms with Crippen molar-refractivity contribution in [1.82, 2.24) is 20.2 Å². The third-order valence-electron chi connectivity index (χ3n) is 6.91. The van der Waals surface area contributed by atoms with E-state index in [9.17, 15) is 18.0 Å². The third kappa shape index (κ3) is 3.87. The van der Waals surface area contributed by atoms with Crippen molar-refractivity contribution >= 4 is 17.5 Å². The average molecular weight is 552 g/mol. The van der Waals surface area contributed by atoms with E-state index < -0.39 is 34.6 Å². The number of nitrogens with one attached hydrogen (secondary N) is 1. The summed E-state index contributed by atoms with van der Waals surface area (Å²) in [5.74, 6) is -2.29. The number of nitrogens with zero attached hydrogens (tertiary/aromatic N) is 5. The highest BCUT2D eigenvalue weighted by atomic mass is 19.4. The van der Waals surface area contributed by atoms with Crippen molar-refractivity contribution in [3.8, 4) is 11.1 Å². The van der Waals surface area contributed by atoms with Gasteiger partial charge in [-0.25, -0.2) is 4.39 Å². The summed E-state index contributed by atoms with van der Waals surface area (Å²) in [7, 11) is 0. The van der Waals surface area contributed by atoms with E-state index in [0.29, 0.717) is 11.1 Å². The lowest BCUT2D eigenvalue weighted by Crippen LogP contribution is -2.58. The molecule has 2 atom stereocenters. The van der Waals surface area contributed by atoms with Gasteiger partial charge in [-0.05, 0) is 52.7 Å². The second-order valence-electron chi connectivity index (χ2n) is 9.15. The van der Waals surface area contributed by atoms with Crippen LogP contribution < -0.4 is 11.5 Å². The molecule has 40 heavy (non-hydrogen) atoms. The zero-order valence-corrected chi connectivity index (χ0v) is 20.6. The zero-order valence-electron chi connectivity index (χ0n) is 20.6. The quantitative estimate of drug-likeness (QED) is 0.189. The number of carbonyl (C=O) groups excluding carboxylic acids is 1. The molecule has 0 bridgehead atoms. The number of rotatable bonds is 6. The predicted octanol–water partition coefficient (Wildman–Crippen LogP) is 3.41. The molecule has 0 saturated heterocycles. The van der Waals surface area contributed by atoms with Crippen molar-refractivity contribution in [2.45, 2.75) is 18.8 Å². The SMILES string of the molecule is CC1(C(N)=O)C(c2cccc(C(=N)N)c2)=NOC1(c1ccc(-c2ccccc2C(F)(F)F)cc1F)n1cnnn1. The maximum atomic E-state index is 16.1. The highest BCUT2D eigenvalue weighted by Crippen LogP contribution is 2.51. The Kier molecular flexibility index (Phi) is 6.12. The fraction of sp³-hybridized carbons (Fsp3) is 0.154. The zero-order chi connectivity index (χ0) is 28.9. The van der Waals surface area contributed by atoms with Crippen LogP contribution in [0.4, 0.5) is 17.6 Å². The maximum absolute atomic E-state index is 16.1. The summed E-state index contributed by atoms with van der Waals surface area (Å²) >= 11 is 0. The van der Waals surface area contributed by atoms with Gasteiger partial charge in [-0.15, -0.1) is 5.10 Å². The van der Waals surface area contributed by atoms with Gasteiger partial charge in [0.05, 0.1) is 11.1 Å². The number of tetrazole rings is 1. The predicted molar refractivity (Wildman–Crippen MR) is 134 cm³/mol. The van der Waals surface area contributed by atoms with Gasteiger partial charge in [-0.3, -0.25) is 10.2 Å². The standard InChI is InChI=1S/C26H20F4N8O2/c1-24(23(33)39)21(15-5-4-6-16(11-15)22(31)32)35-40-25(24,38-13-34-36-37-38)19-10-9-14(12-20(19)27)17-7-2-3-8-18(17)26(28,29)30/h2-13H,1H3,(H3,31,32)(H2,33,39). The van der Waals surface area contributed by atoms with Gasteiger partial charge >= 0.3 is 6.18 Å². The highest BCUT2D eigenvalue weighted by molar-refractivity contribution is 6.18. The lowest BCUT2D eigenvalue weighted by Gasteiger charge is -2.38. The molecular weight excluding hydrogens is 532 g/mol. The number of primary amides is 1. The Morgan fingerprint density at radius 1 is 1.02 bits per heavy atom. The maximum Gasteiger partial charge on any atom is 0.417 e. The molecule has 5 rings (SSSR count). The van der Waals surface area contributed by atoms with Crippen LogP contribution in [0.1, 0.15) is 29.2 Å². The van der Waals surface area contributed by atoms with Crippen molar-refractivity contribution in [1.29, 1.82) is 5.41 Å². The van der Waals surface area contributed by atoms with E-state index in [1.54, 1.807) is 18.2 Å². The number of carbonyl (C=O) groups is 1. The van der Waals surface area contributed by atoms with Crippen molar-refractivity contribution < 1.29 is 27.2 Å². The Morgan fingerprint density at radius 3 is 2.40 bits per heavy atom. The number of amides is 1. The summed E-state index contributed by atoms with van der Waals surface area (Å²) in [4.78, 5) is 19.1. The lowest BCUT2D eigenvalue weighted by molar-refractivity contribution is -0.150. The molecule has 3 aromatic carbocycles. The minimum absolute atomic E-state index is 0.0375. The smallest absolute Gasteiger partial charge is 0.384 e. The first kappa shape index (κ1) is 26.5. The summed E-state index contributed by atoms with van der Waals surface area (Å²) in [5, 5.41) is 22.9. The van der Waals surface area contributed by atoms with Crippen LogP contribution in [0, 0.1) is 16.6 Å². The molecule has 0 radical (unpaired) electrons. The molecule has 2 unspecified atom stereocenters. The molecule has 0 spiro atoms. The topological polar surface area (TPSA) is 158 Å². The van der Waals surface area contributed by atoms with Gasteiger partial charge in [0.2, 0.25) is 5.91 Å². The van der Waals surface area contributed by atoms with Crippen LogP contribution in [0.3, 0.4) is 0 Å². The molecule has 10 nitrogen and oxygen atoms in total. The molecular formula is C26H20F4N8O2. The summed E-state index contributed by atoms with van der Waals surface area (Å²) in [6, 6.07) is 14.3. The second kappa shape index (κ2) is 9.25. The summed E-state index contributed by atoms with van der Waals surface area (Å²) < 4.78 is 58.0. The largest absolute Gasteiger partial charge is 0.417 e. The number of halogens is 4. The molecule has 4 aromatic rings. The van der Waals surface area contributed by atoms with Gasteiger partial charge in [-0.2, -0.15) is 17.9 Å². The number of aromatic nitrogens is 4. The van der Waals surface area contributed by atoms with Gasteiger partial charge in [0.15, 0.2) is 5.41 Å². The molecule has 2 heterocycles. The minimum atomic E-state index is -4.68. The Morgan fingerprint density at radius 2 is 1.77 bits per heavy atom. The van der Waals surface area contributed by atoms with Crippen molar-refractivity contribution in [2.75, 3.05) is 0 Å². The van der Waals surface area contributed by atoms with Crippen LogP contribution in [0.15, 0.2) is 78.2 Å². The lowest BCUT2D eigenvalue weighted by atomic mass is 9.69. The monoisotopic (exact) mass is 552 g/mol. The number of hydrogen-bond acceptors (Lipinski definition) is 7. The first-order valence-corrected chi connectivity index (χ1v) is 11.6. The first-order valence-electron chi connectivity index (χ1n) is 11.6. The Balaban J connectivity index is 1.72. The number of amidine groups is 1. The normalized spacial score (nSPS) is 20.6. The van der Waals surface area contributed by atoms with Crippen LogP contribution in [0.5, 0.6) is 0 Å². The molecule has 204 valence electrons. The molecule has 14 heteroatoms. The number of alkyl halides is 3. The molecule has 1 aliphatic heterocycles. The first-order chi connectivity index (χ1) is 18.9. The summed E-state index contributed by atoms with van der Waals surface area (Å²) in [6.45, 7) is 1.36. The number of oxime groups is 1. The Bertz CT molecular complexity index is 1670. The van der Waals surface area contributed by atoms with Crippen LogP contribution in [0.2, 0.25) is 0 Å². The second-order valence-corrected chi connectivity index (χ2v) is 9.15. The number of benzene rings is 3. The number of nitrogen functional groups attached to an aromatic ring is 1. The molecule has 1 aliphatic rings. The molecule has 0 aliphatic carbocycles. The van der Waals surface area contributed by atoms with E-state index in [2.05, 4.69) is 20.7 Å². The van der Waals surface area contributed by atoms with Crippen molar-refractivity contribution in [3.63, 3.8) is 0 Å². The third-order valence-corrected chi connectivity index (χ3v) is 6.91. The van der Waals surface area contributed by atoms with E-state index in [0.717, 1.165) is 23.1 Å². The fourth-order valence-corrected chi connectivity index (χ4v) is 4.87. The fourth-order valence-electron chi connectivity index (χ4n) is 4.87. The van der Waals surface area contributed by atoms with Gasteiger partial charge < -0.3 is 16.3 Å². The van der Waals surface area contributed by atoms with E-state index in [-0.39, 0.29) is 28.2 Å². The van der Waals surface area contributed by atoms with E-state index in [4.69, 9.17) is 21.7 Å². The number of hydrogen-bond donors (Lipinski definition) is 3. The molecule has 0 fully saturated rings. The van der Waals surface area contributed by atoms with Crippen LogP contribution in [-0.2, 0) is 21.5 Å². The van der Waals surface area contributed by atoms with Crippen molar-refractivity contribution in [2.24, 2.45) is 22.0 Å². The Hall–Kier alpha value is -5.14. The van der Waals surface area contributed by atoms with Crippen LogP contribution in [0.25, 0.3) is 11.1 Å². The van der Waals surface area contributed by atoms with Crippen LogP contribution >= 0.6 is 0 Å². The highest BCUT2D eigenvalue weighted by Gasteiger charge is 2.67. The molecule has 1 amide bonds. The van der Waals surface area contributed by atoms with E-state index >= 15 is 4.39 Å². The van der Waals surface area contributed by atoms with Gasteiger partial charge in [0, 0.05) is 11.1 Å². The van der Waals surface area contributed by atoms with E-state index in [1.165, 1.54) is 43.3 Å². The molecule has 1 aromatic heterocycles. The number of nitrogens with two attached hydrogens (primary N) is 2. The molecule has 0 saturated carbocycles. The minimum Gasteiger partial charge on any atom is -0.384 e. The summed E-state index contributed by atoms with van der Waals surface area (Å²) in [6.07, 6.45) is -3.62. The van der Waals surface area contributed by atoms with Crippen LogP contribution in [-0.4, -0.2) is 37.7 Å². The van der Waals surface area contributed by atoms with Gasteiger partial charge in [-0.1, -0.05) is 47.6 Å². The van der Waals surface area contributed by atoms with Crippen molar-refractivity contribution in [3.05, 3.63) is 101 Å². The summed E-state index contributed by atoms with van der Waals surface area (Å²) in [5.41, 5.74) is 6.30.